The van der Waals surface area contributed by atoms with Crippen LogP contribution in [0.15, 0.2) is 59.0 Å². The summed E-state index contributed by atoms with van der Waals surface area (Å²) in [5, 5.41) is 0.780. The Balaban J connectivity index is 1.83. The molecule has 2 aromatic carbocycles. The number of carbonyl (C=O) groups is 2. The van der Waals surface area contributed by atoms with Gasteiger partial charge in [0.2, 0.25) is 5.76 Å². The van der Waals surface area contributed by atoms with Crippen molar-refractivity contribution >= 4 is 22.7 Å². The molecule has 0 fully saturated rings. The quantitative estimate of drug-likeness (QED) is 0.587. The standard InChI is InChI=1S/C22H22O5/c1-22(2,3)19(23)14-26-21(24)20-17(13-25-15-9-5-4-6-10-15)16-11-7-8-12-18(16)27-20/h4-12H,13-14H2,1-3H3. The summed E-state index contributed by atoms with van der Waals surface area (Å²) in [6.07, 6.45) is 0. The fraction of sp³-hybridized carbons (Fsp3) is 0.273. The number of Topliss-reactive ketones (excluding diaryl/α,β-unsaturated/α-hetero) is 1. The fourth-order valence-electron chi connectivity index (χ4n) is 2.49. The highest BCUT2D eigenvalue weighted by Crippen LogP contribution is 2.28. The Labute approximate surface area is 157 Å². The summed E-state index contributed by atoms with van der Waals surface area (Å²) in [7, 11) is 0. The monoisotopic (exact) mass is 366 g/mol. The maximum absolute atomic E-state index is 12.6. The van der Waals surface area contributed by atoms with Crippen LogP contribution in [0.4, 0.5) is 0 Å². The highest BCUT2D eigenvalue weighted by molar-refractivity contribution is 5.97. The summed E-state index contributed by atoms with van der Waals surface area (Å²) in [6, 6.07) is 16.6. The summed E-state index contributed by atoms with van der Waals surface area (Å²) < 4.78 is 16.7. The first-order chi connectivity index (χ1) is 12.9. The van der Waals surface area contributed by atoms with Crippen LogP contribution in [0.5, 0.6) is 5.75 Å². The predicted molar refractivity (Wildman–Crippen MR) is 102 cm³/mol. The van der Waals surface area contributed by atoms with E-state index in [0.717, 1.165) is 5.39 Å². The number of para-hydroxylation sites is 2. The first-order valence-electron chi connectivity index (χ1n) is 8.75. The van der Waals surface area contributed by atoms with Gasteiger partial charge < -0.3 is 13.9 Å². The number of esters is 1. The third-order valence-electron chi connectivity index (χ3n) is 4.18. The minimum Gasteiger partial charge on any atom is -0.489 e. The fourth-order valence-corrected chi connectivity index (χ4v) is 2.49. The number of ketones is 1. The van der Waals surface area contributed by atoms with Gasteiger partial charge in [0.1, 0.15) is 17.9 Å². The minimum absolute atomic E-state index is 0.0637. The van der Waals surface area contributed by atoms with Crippen LogP contribution in [0, 0.1) is 5.41 Å². The molecule has 0 N–H and O–H groups in total. The van der Waals surface area contributed by atoms with Crippen molar-refractivity contribution in [2.75, 3.05) is 6.61 Å². The Kier molecular flexibility index (Phi) is 5.31. The van der Waals surface area contributed by atoms with Crippen LogP contribution in [-0.2, 0) is 16.1 Å². The van der Waals surface area contributed by atoms with Crippen LogP contribution >= 0.6 is 0 Å². The molecule has 3 aromatic rings. The van der Waals surface area contributed by atoms with Crippen LogP contribution in [0.1, 0.15) is 36.9 Å². The molecule has 0 saturated carbocycles. The molecule has 0 atom stereocenters. The summed E-state index contributed by atoms with van der Waals surface area (Å²) in [5.74, 6) is -0.0802. The topological polar surface area (TPSA) is 65.7 Å². The molecule has 140 valence electrons. The van der Waals surface area contributed by atoms with Crippen molar-refractivity contribution in [1.82, 2.24) is 0 Å². The number of benzene rings is 2. The molecule has 0 saturated heterocycles. The molecule has 0 spiro atoms. The first kappa shape index (κ1) is 18.7. The molecule has 5 nitrogen and oxygen atoms in total. The number of ether oxygens (including phenoxy) is 2. The molecule has 3 rings (SSSR count). The number of furan rings is 1. The van der Waals surface area contributed by atoms with Crippen LogP contribution in [0.3, 0.4) is 0 Å². The number of hydrogen-bond acceptors (Lipinski definition) is 5. The SMILES string of the molecule is CC(C)(C)C(=O)COC(=O)c1oc2ccccc2c1COc1ccccc1. The highest BCUT2D eigenvalue weighted by Gasteiger charge is 2.26. The first-order valence-corrected chi connectivity index (χ1v) is 8.75. The second-order valence-electron chi connectivity index (χ2n) is 7.26. The second kappa shape index (κ2) is 7.66. The third-order valence-corrected chi connectivity index (χ3v) is 4.18. The molecule has 27 heavy (non-hydrogen) atoms. The maximum atomic E-state index is 12.6. The van der Waals surface area contributed by atoms with Gasteiger partial charge in [-0.05, 0) is 18.2 Å². The average Bonchev–Trinajstić information content (AvgIpc) is 3.03. The van der Waals surface area contributed by atoms with Gasteiger partial charge in [-0.15, -0.1) is 0 Å². The van der Waals surface area contributed by atoms with E-state index in [-0.39, 0.29) is 24.8 Å². The Morgan fingerprint density at radius 2 is 1.63 bits per heavy atom. The Hall–Kier alpha value is -3.08. The maximum Gasteiger partial charge on any atom is 0.375 e. The number of rotatable bonds is 6. The highest BCUT2D eigenvalue weighted by atomic mass is 16.5. The lowest BCUT2D eigenvalue weighted by molar-refractivity contribution is -0.129. The zero-order chi connectivity index (χ0) is 19.4. The van der Waals surface area contributed by atoms with Crippen LogP contribution < -0.4 is 4.74 Å². The largest absolute Gasteiger partial charge is 0.489 e. The number of fused-ring (bicyclic) bond motifs is 1. The van der Waals surface area contributed by atoms with Gasteiger partial charge in [0.25, 0.3) is 0 Å². The minimum atomic E-state index is -0.671. The third kappa shape index (κ3) is 4.37. The van der Waals surface area contributed by atoms with Crippen molar-refractivity contribution in [2.45, 2.75) is 27.4 Å². The van der Waals surface area contributed by atoms with E-state index in [1.165, 1.54) is 0 Å². The zero-order valence-electron chi connectivity index (χ0n) is 15.7. The van der Waals surface area contributed by atoms with E-state index in [2.05, 4.69) is 0 Å². The Morgan fingerprint density at radius 1 is 0.963 bits per heavy atom. The van der Waals surface area contributed by atoms with Crippen molar-refractivity contribution in [3.8, 4) is 5.75 Å². The smallest absolute Gasteiger partial charge is 0.375 e. The molecule has 0 aliphatic heterocycles. The summed E-state index contributed by atoms with van der Waals surface area (Å²) in [4.78, 5) is 24.6. The molecule has 0 amide bonds. The van der Waals surface area contributed by atoms with Gasteiger partial charge in [0, 0.05) is 10.8 Å². The molecule has 0 aliphatic rings. The van der Waals surface area contributed by atoms with Gasteiger partial charge >= 0.3 is 5.97 Å². The molecule has 1 heterocycles. The normalized spacial score (nSPS) is 11.4. The van der Waals surface area contributed by atoms with E-state index in [9.17, 15) is 9.59 Å². The van der Waals surface area contributed by atoms with Crippen molar-refractivity contribution in [1.29, 1.82) is 0 Å². The molecular formula is C22H22O5. The molecule has 1 aromatic heterocycles. The van der Waals surface area contributed by atoms with Gasteiger partial charge in [-0.1, -0.05) is 57.2 Å². The molecule has 0 unspecified atom stereocenters. The van der Waals surface area contributed by atoms with E-state index in [4.69, 9.17) is 13.9 Å². The van der Waals surface area contributed by atoms with E-state index < -0.39 is 11.4 Å². The van der Waals surface area contributed by atoms with Gasteiger partial charge in [-0.2, -0.15) is 0 Å². The number of carbonyl (C=O) groups excluding carboxylic acids is 2. The molecular weight excluding hydrogens is 344 g/mol. The van der Waals surface area contributed by atoms with Crippen LogP contribution in [0.2, 0.25) is 0 Å². The van der Waals surface area contributed by atoms with Crippen molar-refractivity contribution in [2.24, 2.45) is 5.41 Å². The van der Waals surface area contributed by atoms with Crippen molar-refractivity contribution in [3.63, 3.8) is 0 Å². The Bertz CT molecular complexity index is 948. The van der Waals surface area contributed by atoms with Crippen molar-refractivity contribution in [3.05, 3.63) is 65.9 Å². The second-order valence-corrected chi connectivity index (χ2v) is 7.26. The predicted octanol–water partition coefficient (Wildman–Crippen LogP) is 4.78. The van der Waals surface area contributed by atoms with E-state index >= 15 is 0 Å². The van der Waals surface area contributed by atoms with Gasteiger partial charge in [-0.25, -0.2) is 4.79 Å². The van der Waals surface area contributed by atoms with Gasteiger partial charge in [-0.3, -0.25) is 4.79 Å². The lowest BCUT2D eigenvalue weighted by atomic mass is 9.91. The summed E-state index contributed by atoms with van der Waals surface area (Å²) in [6.45, 7) is 5.20. The number of hydrogen-bond donors (Lipinski definition) is 0. The molecule has 0 bridgehead atoms. The van der Waals surface area contributed by atoms with Crippen LogP contribution in [0.25, 0.3) is 11.0 Å². The van der Waals surface area contributed by atoms with Crippen molar-refractivity contribution < 1.29 is 23.5 Å². The summed E-state index contributed by atoms with van der Waals surface area (Å²) in [5.41, 5.74) is 0.592. The molecule has 5 heteroatoms. The molecule has 0 aliphatic carbocycles. The van der Waals surface area contributed by atoms with Gasteiger partial charge in [0.05, 0.1) is 5.56 Å². The lowest BCUT2D eigenvalue weighted by Gasteiger charge is -2.16. The lowest BCUT2D eigenvalue weighted by Crippen LogP contribution is -2.26. The van der Waals surface area contributed by atoms with E-state index in [1.54, 1.807) is 26.8 Å². The summed E-state index contributed by atoms with van der Waals surface area (Å²) >= 11 is 0. The van der Waals surface area contributed by atoms with Gasteiger partial charge in [0.15, 0.2) is 12.4 Å². The Morgan fingerprint density at radius 3 is 2.33 bits per heavy atom. The zero-order valence-corrected chi connectivity index (χ0v) is 15.7. The average molecular weight is 366 g/mol. The van der Waals surface area contributed by atoms with E-state index in [1.807, 2.05) is 48.5 Å². The van der Waals surface area contributed by atoms with E-state index in [0.29, 0.717) is 16.9 Å². The molecule has 0 radical (unpaired) electrons. The van der Waals surface area contributed by atoms with Crippen LogP contribution in [-0.4, -0.2) is 18.4 Å².